The molecule has 1 aromatic rings. The molecule has 2 atom stereocenters. The molecule has 0 aromatic heterocycles. The number of aryl methyl sites for hydroxylation is 1. The molecule has 0 radical (unpaired) electrons. The Morgan fingerprint density at radius 1 is 1.24 bits per heavy atom. The lowest BCUT2D eigenvalue weighted by atomic mass is 9.99. The number of anilines is 1. The average molecular weight is 290 g/mol. The molecule has 0 aliphatic heterocycles. The van der Waals surface area contributed by atoms with Gasteiger partial charge in [0.25, 0.3) is 5.91 Å². The van der Waals surface area contributed by atoms with E-state index in [9.17, 15) is 4.79 Å². The van der Waals surface area contributed by atoms with Gasteiger partial charge in [-0.3, -0.25) is 4.79 Å². The second-order valence-electron chi connectivity index (χ2n) is 6.08. The minimum atomic E-state index is 0.0327. The van der Waals surface area contributed by atoms with Crippen molar-refractivity contribution in [2.24, 2.45) is 5.92 Å². The van der Waals surface area contributed by atoms with Crippen LogP contribution in [0.3, 0.4) is 0 Å². The highest BCUT2D eigenvalue weighted by Gasteiger charge is 2.14. The highest BCUT2D eigenvalue weighted by Crippen LogP contribution is 2.16. The second-order valence-corrected chi connectivity index (χ2v) is 6.08. The van der Waals surface area contributed by atoms with Crippen LogP contribution in [-0.4, -0.2) is 18.5 Å². The van der Waals surface area contributed by atoms with E-state index >= 15 is 0 Å². The van der Waals surface area contributed by atoms with Crippen molar-refractivity contribution in [3.8, 4) is 0 Å². The first-order valence-electron chi connectivity index (χ1n) is 8.13. The van der Waals surface area contributed by atoms with E-state index in [1.165, 1.54) is 0 Å². The Labute approximate surface area is 129 Å². The van der Waals surface area contributed by atoms with E-state index in [0.29, 0.717) is 5.92 Å². The minimum absolute atomic E-state index is 0.0327. The smallest absolute Gasteiger partial charge is 0.251 e. The molecule has 0 aliphatic carbocycles. The van der Waals surface area contributed by atoms with Crippen molar-refractivity contribution in [3.63, 3.8) is 0 Å². The zero-order valence-electron chi connectivity index (χ0n) is 14.1. The SMILES string of the molecule is CCCNc1ccc(C(=O)NC(C)CC(C)CC)c(C)c1. The van der Waals surface area contributed by atoms with Crippen LogP contribution in [0.2, 0.25) is 0 Å². The number of carbonyl (C=O) groups excluding carboxylic acids is 1. The summed E-state index contributed by atoms with van der Waals surface area (Å²) < 4.78 is 0. The molecule has 3 nitrogen and oxygen atoms in total. The van der Waals surface area contributed by atoms with E-state index in [-0.39, 0.29) is 11.9 Å². The predicted octanol–water partition coefficient (Wildman–Crippen LogP) is 4.37. The van der Waals surface area contributed by atoms with Gasteiger partial charge in [-0.05, 0) is 56.4 Å². The zero-order chi connectivity index (χ0) is 15.8. The number of hydrogen-bond donors (Lipinski definition) is 2. The fourth-order valence-corrected chi connectivity index (χ4v) is 2.43. The van der Waals surface area contributed by atoms with Crippen LogP contribution in [0, 0.1) is 12.8 Å². The van der Waals surface area contributed by atoms with Crippen LogP contribution in [0.4, 0.5) is 5.69 Å². The zero-order valence-corrected chi connectivity index (χ0v) is 14.1. The van der Waals surface area contributed by atoms with E-state index in [0.717, 1.165) is 42.6 Å². The van der Waals surface area contributed by atoms with Crippen LogP contribution < -0.4 is 10.6 Å². The summed E-state index contributed by atoms with van der Waals surface area (Å²) in [6.07, 6.45) is 3.27. The summed E-state index contributed by atoms with van der Waals surface area (Å²) in [5, 5.41) is 6.45. The van der Waals surface area contributed by atoms with Gasteiger partial charge in [0.1, 0.15) is 0 Å². The Bertz CT molecular complexity index is 457. The summed E-state index contributed by atoms with van der Waals surface area (Å²) in [6, 6.07) is 6.16. The molecular formula is C18H30N2O. The lowest BCUT2D eigenvalue weighted by Crippen LogP contribution is -2.34. The van der Waals surface area contributed by atoms with Gasteiger partial charge in [-0.25, -0.2) is 0 Å². The molecular weight excluding hydrogens is 260 g/mol. The Balaban J connectivity index is 2.65. The molecule has 0 heterocycles. The van der Waals surface area contributed by atoms with Crippen molar-refractivity contribution in [2.45, 2.75) is 59.9 Å². The molecule has 2 N–H and O–H groups in total. The molecule has 1 aromatic carbocycles. The summed E-state index contributed by atoms with van der Waals surface area (Å²) in [7, 11) is 0. The molecule has 0 saturated carbocycles. The first kappa shape index (κ1) is 17.5. The summed E-state index contributed by atoms with van der Waals surface area (Å²) in [5.74, 6) is 0.673. The van der Waals surface area contributed by atoms with Crippen molar-refractivity contribution in [1.82, 2.24) is 5.32 Å². The molecule has 0 bridgehead atoms. The van der Waals surface area contributed by atoms with Gasteiger partial charge in [-0.1, -0.05) is 27.2 Å². The summed E-state index contributed by atoms with van der Waals surface area (Å²) >= 11 is 0. The summed E-state index contributed by atoms with van der Waals surface area (Å²) in [6.45, 7) is 11.6. The van der Waals surface area contributed by atoms with Gasteiger partial charge in [0.2, 0.25) is 0 Å². The van der Waals surface area contributed by atoms with E-state index in [2.05, 4.69) is 38.3 Å². The quantitative estimate of drug-likeness (QED) is 0.746. The molecule has 0 saturated heterocycles. The third kappa shape index (κ3) is 5.78. The first-order valence-corrected chi connectivity index (χ1v) is 8.13. The third-order valence-electron chi connectivity index (χ3n) is 3.88. The van der Waals surface area contributed by atoms with Crippen molar-refractivity contribution >= 4 is 11.6 Å². The fraction of sp³-hybridized carbons (Fsp3) is 0.611. The highest BCUT2D eigenvalue weighted by atomic mass is 16.1. The summed E-state index contributed by atoms with van der Waals surface area (Å²) in [4.78, 5) is 12.3. The lowest BCUT2D eigenvalue weighted by Gasteiger charge is -2.18. The Morgan fingerprint density at radius 3 is 2.52 bits per heavy atom. The number of nitrogens with one attached hydrogen (secondary N) is 2. The molecule has 1 rings (SSSR count). The maximum Gasteiger partial charge on any atom is 0.251 e. The Hall–Kier alpha value is -1.51. The van der Waals surface area contributed by atoms with Crippen molar-refractivity contribution in [3.05, 3.63) is 29.3 Å². The maximum absolute atomic E-state index is 12.3. The van der Waals surface area contributed by atoms with Gasteiger partial charge in [0, 0.05) is 23.8 Å². The molecule has 2 unspecified atom stereocenters. The molecule has 3 heteroatoms. The molecule has 118 valence electrons. The van der Waals surface area contributed by atoms with Crippen LogP contribution >= 0.6 is 0 Å². The topological polar surface area (TPSA) is 41.1 Å². The van der Waals surface area contributed by atoms with Crippen LogP contribution in [0.25, 0.3) is 0 Å². The maximum atomic E-state index is 12.3. The van der Waals surface area contributed by atoms with Crippen molar-refractivity contribution < 1.29 is 4.79 Å². The molecule has 21 heavy (non-hydrogen) atoms. The number of amides is 1. The van der Waals surface area contributed by atoms with E-state index in [1.54, 1.807) is 0 Å². The van der Waals surface area contributed by atoms with Gasteiger partial charge in [0.05, 0.1) is 0 Å². The fourth-order valence-electron chi connectivity index (χ4n) is 2.43. The van der Waals surface area contributed by atoms with Gasteiger partial charge in [-0.15, -0.1) is 0 Å². The molecule has 0 fully saturated rings. The Kier molecular flexibility index (Phi) is 7.27. The monoisotopic (exact) mass is 290 g/mol. The van der Waals surface area contributed by atoms with E-state index < -0.39 is 0 Å². The second kappa shape index (κ2) is 8.71. The van der Waals surface area contributed by atoms with Crippen molar-refractivity contribution in [1.29, 1.82) is 0 Å². The normalized spacial score (nSPS) is 13.6. The average Bonchev–Trinajstić information content (AvgIpc) is 2.44. The van der Waals surface area contributed by atoms with Gasteiger partial charge < -0.3 is 10.6 Å². The lowest BCUT2D eigenvalue weighted by molar-refractivity contribution is 0.0935. The summed E-state index contributed by atoms with van der Waals surface area (Å²) in [5.41, 5.74) is 2.87. The van der Waals surface area contributed by atoms with Crippen LogP contribution in [0.5, 0.6) is 0 Å². The van der Waals surface area contributed by atoms with Crippen LogP contribution in [0.1, 0.15) is 62.9 Å². The van der Waals surface area contributed by atoms with Crippen LogP contribution in [0.15, 0.2) is 18.2 Å². The highest BCUT2D eigenvalue weighted by molar-refractivity contribution is 5.96. The predicted molar refractivity (Wildman–Crippen MR) is 91.0 cm³/mol. The number of rotatable bonds is 8. The van der Waals surface area contributed by atoms with E-state index in [1.807, 2.05) is 25.1 Å². The number of hydrogen-bond acceptors (Lipinski definition) is 2. The molecule has 0 spiro atoms. The largest absolute Gasteiger partial charge is 0.385 e. The number of benzene rings is 1. The minimum Gasteiger partial charge on any atom is -0.385 e. The van der Waals surface area contributed by atoms with Gasteiger partial charge >= 0.3 is 0 Å². The van der Waals surface area contributed by atoms with Crippen molar-refractivity contribution in [2.75, 3.05) is 11.9 Å². The van der Waals surface area contributed by atoms with E-state index in [4.69, 9.17) is 0 Å². The van der Waals surface area contributed by atoms with Gasteiger partial charge in [-0.2, -0.15) is 0 Å². The molecule has 0 aliphatic rings. The Morgan fingerprint density at radius 2 is 1.95 bits per heavy atom. The molecule has 1 amide bonds. The number of carbonyl (C=O) groups is 1. The van der Waals surface area contributed by atoms with Gasteiger partial charge in [0.15, 0.2) is 0 Å². The van der Waals surface area contributed by atoms with Crippen LogP contribution in [-0.2, 0) is 0 Å². The standard InChI is InChI=1S/C18H30N2O/c1-6-10-19-16-8-9-17(14(4)12-16)18(21)20-15(5)11-13(3)7-2/h8-9,12-13,15,19H,6-7,10-11H2,1-5H3,(H,20,21). The first-order chi connectivity index (χ1) is 9.97. The third-order valence-corrected chi connectivity index (χ3v) is 3.88.